The summed E-state index contributed by atoms with van der Waals surface area (Å²) in [7, 11) is 1.28. The largest absolute Gasteiger partial charge is 0.491 e. The highest BCUT2D eigenvalue weighted by molar-refractivity contribution is 5.65. The third kappa shape index (κ3) is 4.34. The molecule has 1 unspecified atom stereocenters. The van der Waals surface area contributed by atoms with Crippen LogP contribution in [-0.4, -0.2) is 7.11 Å². The molecule has 0 aliphatic heterocycles. The summed E-state index contributed by atoms with van der Waals surface area (Å²) in [5, 5.41) is 0. The second-order valence-corrected chi connectivity index (χ2v) is 9.09. The molecule has 0 heterocycles. The highest BCUT2D eigenvalue weighted by atomic mass is 19.1. The van der Waals surface area contributed by atoms with Gasteiger partial charge in [-0.05, 0) is 84.6 Å². The van der Waals surface area contributed by atoms with Gasteiger partial charge in [0.15, 0.2) is 17.4 Å². The molecular weight excluding hydrogens is 366 g/mol. The first kappa shape index (κ1) is 20.4. The van der Waals surface area contributed by atoms with Gasteiger partial charge in [-0.25, -0.2) is 8.78 Å². The normalized spacial score (nSPS) is 26.8. The second kappa shape index (κ2) is 8.85. The summed E-state index contributed by atoms with van der Waals surface area (Å²) in [6, 6.07) is 11.0. The molecule has 2 aromatic carbocycles. The SMILES string of the molecule is CCCC1CC[C@@H]2C[C@H](c3ccc(-c4cc(F)c(OC)c(F)c4)cc3)CC[C@@H]2C1. The van der Waals surface area contributed by atoms with E-state index >= 15 is 0 Å². The van der Waals surface area contributed by atoms with Gasteiger partial charge in [-0.1, -0.05) is 50.5 Å². The summed E-state index contributed by atoms with van der Waals surface area (Å²) in [5.41, 5.74) is 2.76. The van der Waals surface area contributed by atoms with Crippen molar-refractivity contribution in [2.75, 3.05) is 7.11 Å². The van der Waals surface area contributed by atoms with Gasteiger partial charge in [-0.3, -0.25) is 0 Å². The number of rotatable bonds is 5. The van der Waals surface area contributed by atoms with Crippen LogP contribution in [-0.2, 0) is 0 Å². The van der Waals surface area contributed by atoms with E-state index in [1.807, 2.05) is 12.1 Å². The van der Waals surface area contributed by atoms with Crippen LogP contribution in [0.1, 0.15) is 69.8 Å². The first-order valence-corrected chi connectivity index (χ1v) is 11.2. The molecule has 2 aromatic rings. The summed E-state index contributed by atoms with van der Waals surface area (Å²) in [6.45, 7) is 2.31. The van der Waals surface area contributed by atoms with Crippen molar-refractivity contribution in [2.45, 2.75) is 64.2 Å². The van der Waals surface area contributed by atoms with Gasteiger partial charge >= 0.3 is 0 Å². The zero-order valence-electron chi connectivity index (χ0n) is 17.6. The minimum absolute atomic E-state index is 0.323. The van der Waals surface area contributed by atoms with E-state index in [9.17, 15) is 8.78 Å². The summed E-state index contributed by atoms with van der Waals surface area (Å²) < 4.78 is 32.8. The summed E-state index contributed by atoms with van der Waals surface area (Å²) in [4.78, 5) is 0. The molecule has 2 aliphatic rings. The lowest BCUT2D eigenvalue weighted by Crippen LogP contribution is -2.30. The predicted octanol–water partition coefficient (Wildman–Crippen LogP) is 7.74. The average molecular weight is 399 g/mol. The van der Waals surface area contributed by atoms with Crippen molar-refractivity contribution < 1.29 is 13.5 Å². The molecule has 1 nitrogen and oxygen atoms in total. The standard InChI is InChI=1S/C26H32F2O/c1-3-4-17-5-6-22-14-21(12-11-20(22)13-17)18-7-9-19(10-8-18)23-15-24(27)26(29-2)25(28)16-23/h7-10,15-17,20-22H,3-6,11-14H2,1-2H3/t17?,20-,21-,22-/m1/s1. The molecule has 4 rings (SSSR count). The van der Waals surface area contributed by atoms with Crippen LogP contribution in [0.3, 0.4) is 0 Å². The number of halogens is 2. The van der Waals surface area contributed by atoms with Crippen LogP contribution >= 0.6 is 0 Å². The van der Waals surface area contributed by atoms with E-state index in [0.717, 1.165) is 23.3 Å². The van der Waals surface area contributed by atoms with E-state index in [0.29, 0.717) is 11.5 Å². The Labute approximate surface area is 173 Å². The lowest BCUT2D eigenvalue weighted by Gasteiger charge is -2.42. The molecule has 4 atom stereocenters. The fraction of sp³-hybridized carbons (Fsp3) is 0.538. The molecule has 2 aliphatic carbocycles. The van der Waals surface area contributed by atoms with Crippen LogP contribution < -0.4 is 4.74 Å². The van der Waals surface area contributed by atoms with Crippen molar-refractivity contribution in [3.8, 4) is 16.9 Å². The lowest BCUT2D eigenvalue weighted by atomic mass is 9.63. The molecule has 0 saturated heterocycles. The van der Waals surface area contributed by atoms with E-state index in [1.54, 1.807) is 0 Å². The molecule has 0 bridgehead atoms. The maximum absolute atomic E-state index is 14.0. The zero-order chi connectivity index (χ0) is 20.4. The van der Waals surface area contributed by atoms with E-state index in [4.69, 9.17) is 4.74 Å². The molecular formula is C26H32F2O. The topological polar surface area (TPSA) is 9.23 Å². The van der Waals surface area contributed by atoms with Gasteiger partial charge in [0.1, 0.15) is 0 Å². The zero-order valence-corrected chi connectivity index (χ0v) is 17.6. The van der Waals surface area contributed by atoms with E-state index in [2.05, 4.69) is 19.1 Å². The average Bonchev–Trinajstić information content (AvgIpc) is 2.73. The third-order valence-electron chi connectivity index (χ3n) is 7.34. The van der Waals surface area contributed by atoms with E-state index in [1.165, 1.54) is 76.2 Å². The van der Waals surface area contributed by atoms with Crippen LogP contribution in [0.25, 0.3) is 11.1 Å². The van der Waals surface area contributed by atoms with Gasteiger partial charge in [0.05, 0.1) is 7.11 Å². The first-order valence-electron chi connectivity index (χ1n) is 11.2. The molecule has 0 spiro atoms. The Morgan fingerprint density at radius 1 is 0.862 bits per heavy atom. The maximum Gasteiger partial charge on any atom is 0.190 e. The van der Waals surface area contributed by atoms with Crippen molar-refractivity contribution in [3.63, 3.8) is 0 Å². The number of benzene rings is 2. The van der Waals surface area contributed by atoms with Gasteiger partial charge in [-0.15, -0.1) is 0 Å². The Balaban J connectivity index is 1.44. The highest BCUT2D eigenvalue weighted by Crippen LogP contribution is 2.48. The van der Waals surface area contributed by atoms with Crippen molar-refractivity contribution in [2.24, 2.45) is 17.8 Å². The molecule has 0 amide bonds. The molecule has 2 saturated carbocycles. The number of hydrogen-bond donors (Lipinski definition) is 0. The number of hydrogen-bond acceptors (Lipinski definition) is 1. The Morgan fingerprint density at radius 3 is 2.17 bits per heavy atom. The van der Waals surface area contributed by atoms with Crippen molar-refractivity contribution in [1.82, 2.24) is 0 Å². The van der Waals surface area contributed by atoms with E-state index < -0.39 is 11.6 Å². The van der Waals surface area contributed by atoms with Gasteiger partial charge in [0, 0.05) is 0 Å². The van der Waals surface area contributed by atoms with E-state index in [-0.39, 0.29) is 5.75 Å². The quantitative estimate of drug-likeness (QED) is 0.500. The van der Waals surface area contributed by atoms with Gasteiger partial charge in [0.2, 0.25) is 0 Å². The van der Waals surface area contributed by atoms with Gasteiger partial charge in [0.25, 0.3) is 0 Å². The number of fused-ring (bicyclic) bond motifs is 1. The fourth-order valence-corrected chi connectivity index (χ4v) is 5.83. The highest BCUT2D eigenvalue weighted by Gasteiger charge is 2.35. The summed E-state index contributed by atoms with van der Waals surface area (Å²) in [6.07, 6.45) is 10.9. The number of ether oxygens (including phenoxy) is 1. The fourth-order valence-electron chi connectivity index (χ4n) is 5.83. The minimum atomic E-state index is -0.663. The van der Waals surface area contributed by atoms with Crippen molar-refractivity contribution in [1.29, 1.82) is 0 Å². The van der Waals surface area contributed by atoms with Crippen LogP contribution in [0.2, 0.25) is 0 Å². The molecule has 0 radical (unpaired) electrons. The van der Waals surface area contributed by atoms with Gasteiger partial charge in [-0.2, -0.15) is 0 Å². The molecule has 156 valence electrons. The Morgan fingerprint density at radius 2 is 1.52 bits per heavy atom. The molecule has 29 heavy (non-hydrogen) atoms. The van der Waals surface area contributed by atoms with Crippen LogP contribution in [0, 0.1) is 29.4 Å². The predicted molar refractivity (Wildman–Crippen MR) is 114 cm³/mol. The monoisotopic (exact) mass is 398 g/mol. The minimum Gasteiger partial charge on any atom is -0.491 e. The number of methoxy groups -OCH3 is 1. The second-order valence-electron chi connectivity index (χ2n) is 9.09. The Hall–Kier alpha value is -1.90. The molecule has 0 N–H and O–H groups in total. The van der Waals surface area contributed by atoms with Crippen LogP contribution in [0.5, 0.6) is 5.75 Å². The Bertz CT molecular complexity index is 806. The third-order valence-corrected chi connectivity index (χ3v) is 7.34. The van der Waals surface area contributed by atoms with Crippen LogP contribution in [0.4, 0.5) is 8.78 Å². The van der Waals surface area contributed by atoms with Crippen molar-refractivity contribution >= 4 is 0 Å². The first-order chi connectivity index (χ1) is 14.1. The lowest BCUT2D eigenvalue weighted by molar-refractivity contribution is 0.114. The summed E-state index contributed by atoms with van der Waals surface area (Å²) >= 11 is 0. The van der Waals surface area contributed by atoms with Crippen LogP contribution in [0.15, 0.2) is 36.4 Å². The smallest absolute Gasteiger partial charge is 0.190 e. The molecule has 0 aromatic heterocycles. The molecule has 2 fully saturated rings. The summed E-state index contributed by atoms with van der Waals surface area (Å²) in [5.74, 6) is 1.75. The van der Waals surface area contributed by atoms with Gasteiger partial charge < -0.3 is 4.74 Å². The molecule has 3 heteroatoms. The maximum atomic E-state index is 14.0. The van der Waals surface area contributed by atoms with Crippen molar-refractivity contribution in [3.05, 3.63) is 53.6 Å². The Kier molecular flexibility index (Phi) is 6.22.